The van der Waals surface area contributed by atoms with Gasteiger partial charge in [0.25, 0.3) is 0 Å². The lowest BCUT2D eigenvalue weighted by molar-refractivity contribution is 0.577. The van der Waals surface area contributed by atoms with Crippen LogP contribution in [0.4, 0.5) is 17.6 Å². The maximum atomic E-state index is 13.5. The predicted molar refractivity (Wildman–Crippen MR) is 95.2 cm³/mol. The molecule has 0 bridgehead atoms. The van der Waals surface area contributed by atoms with Crippen LogP contribution in [-0.4, -0.2) is 13.0 Å². The SMILES string of the molecule is CN=C(NCc1cc(F)ccc1F)NCc1cc(F)ccc1F.I. The molecule has 130 valence electrons. The number of halogens is 5. The van der Waals surface area contributed by atoms with Crippen molar-refractivity contribution in [3.8, 4) is 0 Å². The van der Waals surface area contributed by atoms with Crippen molar-refractivity contribution in [2.24, 2.45) is 4.99 Å². The van der Waals surface area contributed by atoms with E-state index in [1.807, 2.05) is 0 Å². The number of nitrogens with zero attached hydrogens (tertiary/aromatic N) is 1. The molecule has 0 aliphatic carbocycles. The van der Waals surface area contributed by atoms with Crippen LogP contribution in [0.5, 0.6) is 0 Å². The Kier molecular flexibility index (Phi) is 7.96. The molecule has 0 aliphatic rings. The molecule has 0 radical (unpaired) electrons. The number of hydrogen-bond acceptors (Lipinski definition) is 1. The number of guanidine groups is 1. The van der Waals surface area contributed by atoms with Crippen molar-refractivity contribution in [2.45, 2.75) is 13.1 Å². The van der Waals surface area contributed by atoms with E-state index in [0.29, 0.717) is 0 Å². The van der Waals surface area contributed by atoms with Gasteiger partial charge in [-0.05, 0) is 36.4 Å². The molecule has 0 aliphatic heterocycles. The molecule has 0 unspecified atom stereocenters. The van der Waals surface area contributed by atoms with Crippen molar-refractivity contribution >= 4 is 29.9 Å². The first-order valence-corrected chi connectivity index (χ1v) is 6.82. The lowest BCUT2D eigenvalue weighted by Crippen LogP contribution is -2.36. The van der Waals surface area contributed by atoms with Gasteiger partial charge in [0.15, 0.2) is 5.96 Å². The van der Waals surface area contributed by atoms with Crippen LogP contribution in [0.3, 0.4) is 0 Å². The maximum absolute atomic E-state index is 13.5. The Morgan fingerprint density at radius 2 is 1.25 bits per heavy atom. The van der Waals surface area contributed by atoms with Gasteiger partial charge in [-0.2, -0.15) is 0 Å². The molecule has 0 fully saturated rings. The number of benzene rings is 2. The summed E-state index contributed by atoms with van der Waals surface area (Å²) in [6, 6.07) is 6.26. The van der Waals surface area contributed by atoms with E-state index < -0.39 is 23.3 Å². The summed E-state index contributed by atoms with van der Waals surface area (Å²) in [5.74, 6) is -1.95. The van der Waals surface area contributed by atoms with E-state index >= 15 is 0 Å². The molecule has 2 N–H and O–H groups in total. The molecule has 0 saturated carbocycles. The van der Waals surface area contributed by atoms with Gasteiger partial charge in [0.05, 0.1) is 0 Å². The minimum atomic E-state index is -0.550. The van der Waals surface area contributed by atoms with E-state index in [4.69, 9.17) is 0 Å². The highest BCUT2D eigenvalue weighted by atomic mass is 127. The Hall–Kier alpha value is -1.84. The van der Waals surface area contributed by atoms with Crippen molar-refractivity contribution in [3.05, 3.63) is 70.8 Å². The van der Waals surface area contributed by atoms with Gasteiger partial charge in [0, 0.05) is 31.3 Å². The Bertz CT molecular complexity index is 665. The number of rotatable bonds is 4. The molecule has 8 heteroatoms. The van der Waals surface area contributed by atoms with Crippen LogP contribution in [0, 0.1) is 23.3 Å². The van der Waals surface area contributed by atoms with E-state index in [2.05, 4.69) is 15.6 Å². The number of hydrogen-bond donors (Lipinski definition) is 2. The molecule has 0 atom stereocenters. The van der Waals surface area contributed by atoms with E-state index in [9.17, 15) is 17.6 Å². The number of nitrogens with one attached hydrogen (secondary N) is 2. The van der Waals surface area contributed by atoms with E-state index in [-0.39, 0.29) is 54.2 Å². The summed E-state index contributed by atoms with van der Waals surface area (Å²) >= 11 is 0. The van der Waals surface area contributed by atoms with Crippen LogP contribution in [0.25, 0.3) is 0 Å². The molecule has 2 aromatic carbocycles. The Labute approximate surface area is 154 Å². The highest BCUT2D eigenvalue weighted by Gasteiger charge is 2.07. The third-order valence-electron chi connectivity index (χ3n) is 3.13. The van der Waals surface area contributed by atoms with Crippen molar-refractivity contribution in [3.63, 3.8) is 0 Å². The second-order valence-corrected chi connectivity index (χ2v) is 4.75. The first-order chi connectivity index (χ1) is 11.0. The second kappa shape index (κ2) is 9.45. The van der Waals surface area contributed by atoms with Crippen molar-refractivity contribution in [1.29, 1.82) is 0 Å². The minimum absolute atomic E-state index is 0. The molecule has 2 aromatic rings. The fourth-order valence-electron chi connectivity index (χ4n) is 1.94. The van der Waals surface area contributed by atoms with E-state index in [0.717, 1.165) is 36.4 Å². The molecule has 2 rings (SSSR count). The Morgan fingerprint density at radius 3 is 1.62 bits per heavy atom. The molecule has 0 amide bonds. The van der Waals surface area contributed by atoms with Crippen LogP contribution in [0.1, 0.15) is 11.1 Å². The standard InChI is InChI=1S/C16H15F4N3.HI/c1-21-16(22-8-10-6-12(17)2-4-14(10)19)23-9-11-7-13(18)3-5-15(11)20;/h2-7H,8-9H2,1H3,(H2,21,22,23);1H. The van der Waals surface area contributed by atoms with Gasteiger partial charge in [-0.25, -0.2) is 17.6 Å². The van der Waals surface area contributed by atoms with E-state index in [1.165, 1.54) is 7.05 Å². The van der Waals surface area contributed by atoms with Crippen LogP contribution in [0.2, 0.25) is 0 Å². The average Bonchev–Trinajstić information content (AvgIpc) is 2.53. The summed E-state index contributed by atoms with van der Waals surface area (Å²) in [6.45, 7) is -0.0101. The summed E-state index contributed by atoms with van der Waals surface area (Å²) < 4.78 is 53.2. The van der Waals surface area contributed by atoms with Crippen LogP contribution < -0.4 is 10.6 Å². The van der Waals surface area contributed by atoms with Crippen LogP contribution >= 0.6 is 24.0 Å². The zero-order valence-electron chi connectivity index (χ0n) is 12.7. The highest BCUT2D eigenvalue weighted by Crippen LogP contribution is 2.10. The van der Waals surface area contributed by atoms with Gasteiger partial charge in [0.1, 0.15) is 23.3 Å². The first kappa shape index (κ1) is 20.2. The second-order valence-electron chi connectivity index (χ2n) is 4.75. The summed E-state index contributed by atoms with van der Waals surface area (Å²) in [7, 11) is 1.47. The van der Waals surface area contributed by atoms with Gasteiger partial charge < -0.3 is 10.6 Å². The molecule has 0 heterocycles. The smallest absolute Gasteiger partial charge is 0.191 e. The number of aliphatic imine (C=N–C) groups is 1. The lowest BCUT2D eigenvalue weighted by atomic mass is 10.2. The Balaban J connectivity index is 0.00000288. The quantitative estimate of drug-likeness (QED) is 0.321. The van der Waals surface area contributed by atoms with Gasteiger partial charge >= 0.3 is 0 Å². The molecule has 24 heavy (non-hydrogen) atoms. The van der Waals surface area contributed by atoms with Crippen molar-refractivity contribution in [1.82, 2.24) is 10.6 Å². The maximum Gasteiger partial charge on any atom is 0.191 e. The normalized spacial score (nSPS) is 9.88. The topological polar surface area (TPSA) is 36.4 Å². The van der Waals surface area contributed by atoms with Crippen LogP contribution in [-0.2, 0) is 13.1 Å². The fraction of sp³-hybridized carbons (Fsp3) is 0.188. The van der Waals surface area contributed by atoms with Crippen LogP contribution in [0.15, 0.2) is 41.4 Å². The molecule has 3 nitrogen and oxygen atoms in total. The monoisotopic (exact) mass is 453 g/mol. The third-order valence-corrected chi connectivity index (χ3v) is 3.13. The predicted octanol–water partition coefficient (Wildman–Crippen LogP) is 3.73. The average molecular weight is 453 g/mol. The summed E-state index contributed by atoms with van der Waals surface area (Å²) in [4.78, 5) is 3.88. The summed E-state index contributed by atoms with van der Waals surface area (Å²) in [6.07, 6.45) is 0. The zero-order chi connectivity index (χ0) is 16.8. The van der Waals surface area contributed by atoms with Gasteiger partial charge in [0.2, 0.25) is 0 Å². The molecule has 0 aromatic heterocycles. The van der Waals surface area contributed by atoms with Gasteiger partial charge in [-0.1, -0.05) is 0 Å². The highest BCUT2D eigenvalue weighted by molar-refractivity contribution is 14.0. The molecular formula is C16H16F4IN3. The summed E-state index contributed by atoms with van der Waals surface area (Å²) in [5, 5.41) is 5.55. The Morgan fingerprint density at radius 1 is 0.833 bits per heavy atom. The largest absolute Gasteiger partial charge is 0.352 e. The fourth-order valence-corrected chi connectivity index (χ4v) is 1.94. The van der Waals surface area contributed by atoms with Gasteiger partial charge in [-0.15, -0.1) is 24.0 Å². The van der Waals surface area contributed by atoms with E-state index in [1.54, 1.807) is 0 Å². The lowest BCUT2D eigenvalue weighted by Gasteiger charge is -2.13. The zero-order valence-corrected chi connectivity index (χ0v) is 15.1. The molecule has 0 saturated heterocycles. The van der Waals surface area contributed by atoms with Crippen molar-refractivity contribution in [2.75, 3.05) is 7.05 Å². The third kappa shape index (κ3) is 5.66. The first-order valence-electron chi connectivity index (χ1n) is 6.82. The molecular weight excluding hydrogens is 437 g/mol. The van der Waals surface area contributed by atoms with Crippen molar-refractivity contribution < 1.29 is 17.6 Å². The molecule has 0 spiro atoms. The van der Waals surface area contributed by atoms with Gasteiger partial charge in [-0.3, -0.25) is 4.99 Å². The minimum Gasteiger partial charge on any atom is -0.352 e. The summed E-state index contributed by atoms with van der Waals surface area (Å²) in [5.41, 5.74) is 0.259.